The number of rotatable bonds is 6. The van der Waals surface area contributed by atoms with Crippen molar-refractivity contribution >= 4 is 29.9 Å². The standard InChI is InChI=1S/C12H19N5O2.ClH/c1-8(4-13)12(19)16-10-5-14-17(6-10)7-11(18)15-9-2-3-9;/h5-6,8-9H,2-4,7,13H2,1H3,(H,15,18)(H,16,19);1H. The van der Waals surface area contributed by atoms with E-state index < -0.39 is 0 Å². The van der Waals surface area contributed by atoms with E-state index in [0.29, 0.717) is 18.3 Å². The summed E-state index contributed by atoms with van der Waals surface area (Å²) in [7, 11) is 0. The quantitative estimate of drug-likeness (QED) is 0.694. The third-order valence-corrected chi connectivity index (χ3v) is 2.95. The Morgan fingerprint density at radius 3 is 2.85 bits per heavy atom. The first-order valence-electron chi connectivity index (χ1n) is 6.41. The van der Waals surface area contributed by atoms with Crippen molar-refractivity contribution in [3.8, 4) is 0 Å². The number of nitrogens with two attached hydrogens (primary N) is 1. The van der Waals surface area contributed by atoms with Gasteiger partial charge in [-0.05, 0) is 12.8 Å². The number of nitrogens with zero attached hydrogens (tertiary/aromatic N) is 2. The molecule has 1 fully saturated rings. The minimum atomic E-state index is -0.249. The maximum absolute atomic E-state index is 11.6. The number of hydrogen-bond donors (Lipinski definition) is 3. The fourth-order valence-electron chi connectivity index (χ4n) is 1.54. The second kappa shape index (κ2) is 7.25. The summed E-state index contributed by atoms with van der Waals surface area (Å²) < 4.78 is 1.50. The molecule has 0 spiro atoms. The topological polar surface area (TPSA) is 102 Å². The molecule has 8 heteroatoms. The van der Waals surface area contributed by atoms with Crippen LogP contribution >= 0.6 is 12.4 Å². The zero-order valence-corrected chi connectivity index (χ0v) is 12.2. The normalized spacial score (nSPS) is 15.1. The Morgan fingerprint density at radius 2 is 2.25 bits per heavy atom. The molecule has 1 atom stereocenters. The van der Waals surface area contributed by atoms with E-state index in [0.717, 1.165) is 12.8 Å². The number of carbonyl (C=O) groups excluding carboxylic acids is 2. The van der Waals surface area contributed by atoms with Gasteiger partial charge in [0.15, 0.2) is 0 Å². The van der Waals surface area contributed by atoms with Gasteiger partial charge in [0.1, 0.15) is 6.54 Å². The first-order chi connectivity index (χ1) is 9.08. The molecule has 2 rings (SSSR count). The monoisotopic (exact) mass is 301 g/mol. The highest BCUT2D eigenvalue weighted by atomic mass is 35.5. The first-order valence-corrected chi connectivity index (χ1v) is 6.41. The molecule has 2 amide bonds. The van der Waals surface area contributed by atoms with Gasteiger partial charge in [-0.15, -0.1) is 12.4 Å². The number of hydrogen-bond acceptors (Lipinski definition) is 4. The molecule has 112 valence electrons. The molecule has 1 aliphatic rings. The lowest BCUT2D eigenvalue weighted by atomic mass is 10.2. The van der Waals surface area contributed by atoms with E-state index in [9.17, 15) is 9.59 Å². The van der Waals surface area contributed by atoms with Crippen LogP contribution in [0.5, 0.6) is 0 Å². The van der Waals surface area contributed by atoms with Gasteiger partial charge in [-0.3, -0.25) is 14.3 Å². The van der Waals surface area contributed by atoms with E-state index in [1.807, 2.05) is 0 Å². The van der Waals surface area contributed by atoms with E-state index in [1.165, 1.54) is 10.9 Å². The summed E-state index contributed by atoms with van der Waals surface area (Å²) >= 11 is 0. The third-order valence-electron chi connectivity index (χ3n) is 2.95. The van der Waals surface area contributed by atoms with Crippen LogP contribution in [0, 0.1) is 5.92 Å². The van der Waals surface area contributed by atoms with Crippen molar-refractivity contribution in [2.45, 2.75) is 32.4 Å². The molecule has 0 radical (unpaired) electrons. The summed E-state index contributed by atoms with van der Waals surface area (Å²) in [5.74, 6) is -0.454. The average Bonchev–Trinajstić information content (AvgIpc) is 3.08. The SMILES string of the molecule is CC(CN)C(=O)Nc1cnn(CC(=O)NC2CC2)c1.Cl. The lowest BCUT2D eigenvalue weighted by Gasteiger charge is -2.07. The van der Waals surface area contributed by atoms with Gasteiger partial charge in [-0.1, -0.05) is 6.92 Å². The molecule has 0 aromatic carbocycles. The van der Waals surface area contributed by atoms with Crippen molar-refractivity contribution < 1.29 is 9.59 Å². The van der Waals surface area contributed by atoms with Crippen molar-refractivity contribution in [1.29, 1.82) is 0 Å². The van der Waals surface area contributed by atoms with Gasteiger partial charge >= 0.3 is 0 Å². The third kappa shape index (κ3) is 4.82. The summed E-state index contributed by atoms with van der Waals surface area (Å²) in [5.41, 5.74) is 5.99. The van der Waals surface area contributed by atoms with Crippen LogP contribution < -0.4 is 16.4 Å². The molecular formula is C12H20ClN5O2. The van der Waals surface area contributed by atoms with E-state index >= 15 is 0 Å². The Bertz CT molecular complexity index is 472. The molecule has 1 aliphatic carbocycles. The lowest BCUT2D eigenvalue weighted by Crippen LogP contribution is -2.29. The fraction of sp³-hybridized carbons (Fsp3) is 0.583. The van der Waals surface area contributed by atoms with E-state index in [1.54, 1.807) is 13.1 Å². The van der Waals surface area contributed by atoms with Gasteiger partial charge in [0, 0.05) is 24.7 Å². The fourth-order valence-corrected chi connectivity index (χ4v) is 1.54. The highest BCUT2D eigenvalue weighted by Crippen LogP contribution is 2.18. The van der Waals surface area contributed by atoms with Gasteiger partial charge in [-0.25, -0.2) is 0 Å². The van der Waals surface area contributed by atoms with E-state index in [-0.39, 0.29) is 36.7 Å². The Kier molecular flexibility index (Phi) is 5.97. The zero-order valence-electron chi connectivity index (χ0n) is 11.3. The van der Waals surface area contributed by atoms with Crippen LogP contribution in [0.3, 0.4) is 0 Å². The zero-order chi connectivity index (χ0) is 13.8. The van der Waals surface area contributed by atoms with Crippen LogP contribution in [-0.2, 0) is 16.1 Å². The van der Waals surface area contributed by atoms with Gasteiger partial charge < -0.3 is 16.4 Å². The summed E-state index contributed by atoms with van der Waals surface area (Å²) in [6.07, 6.45) is 5.27. The number of carbonyl (C=O) groups is 2. The van der Waals surface area contributed by atoms with Crippen LogP contribution in [0.2, 0.25) is 0 Å². The van der Waals surface area contributed by atoms with Crippen molar-refractivity contribution in [3.63, 3.8) is 0 Å². The highest BCUT2D eigenvalue weighted by Gasteiger charge is 2.23. The number of aromatic nitrogens is 2. The minimum absolute atomic E-state index is 0. The first kappa shape index (κ1) is 16.5. The smallest absolute Gasteiger partial charge is 0.241 e. The molecule has 1 heterocycles. The Morgan fingerprint density at radius 1 is 1.55 bits per heavy atom. The number of halogens is 1. The molecule has 1 unspecified atom stereocenters. The second-order valence-electron chi connectivity index (χ2n) is 4.89. The summed E-state index contributed by atoms with van der Waals surface area (Å²) in [6, 6.07) is 0.340. The van der Waals surface area contributed by atoms with Crippen LogP contribution in [-0.4, -0.2) is 34.2 Å². The second-order valence-corrected chi connectivity index (χ2v) is 4.89. The Hall–Kier alpha value is -1.60. The predicted molar refractivity (Wildman–Crippen MR) is 77.5 cm³/mol. The lowest BCUT2D eigenvalue weighted by molar-refractivity contribution is -0.122. The number of anilines is 1. The van der Waals surface area contributed by atoms with Crippen molar-refractivity contribution in [1.82, 2.24) is 15.1 Å². The predicted octanol–water partition coefficient (Wildman–Crippen LogP) is 0.117. The molecule has 4 N–H and O–H groups in total. The highest BCUT2D eigenvalue weighted by molar-refractivity contribution is 5.92. The van der Waals surface area contributed by atoms with E-state index in [4.69, 9.17) is 5.73 Å². The van der Waals surface area contributed by atoms with Crippen molar-refractivity contribution in [2.75, 3.05) is 11.9 Å². The maximum atomic E-state index is 11.6. The molecule has 1 aromatic heterocycles. The van der Waals surface area contributed by atoms with Crippen LogP contribution in [0.15, 0.2) is 12.4 Å². The summed E-state index contributed by atoms with van der Waals surface area (Å²) in [5, 5.41) is 9.61. The summed E-state index contributed by atoms with van der Waals surface area (Å²) in [6.45, 7) is 2.21. The maximum Gasteiger partial charge on any atom is 0.241 e. The van der Waals surface area contributed by atoms with Crippen LogP contribution in [0.4, 0.5) is 5.69 Å². The molecule has 7 nitrogen and oxygen atoms in total. The van der Waals surface area contributed by atoms with Gasteiger partial charge in [0.25, 0.3) is 0 Å². The van der Waals surface area contributed by atoms with Crippen LogP contribution in [0.25, 0.3) is 0 Å². The molecule has 0 aliphatic heterocycles. The van der Waals surface area contributed by atoms with Crippen molar-refractivity contribution in [2.24, 2.45) is 11.7 Å². The number of amides is 2. The molecule has 1 saturated carbocycles. The summed E-state index contributed by atoms with van der Waals surface area (Å²) in [4.78, 5) is 23.2. The molecule has 0 bridgehead atoms. The van der Waals surface area contributed by atoms with Gasteiger partial charge in [0.2, 0.25) is 11.8 Å². The van der Waals surface area contributed by atoms with E-state index in [2.05, 4.69) is 15.7 Å². The Balaban J connectivity index is 0.00000200. The number of nitrogens with one attached hydrogen (secondary N) is 2. The largest absolute Gasteiger partial charge is 0.352 e. The van der Waals surface area contributed by atoms with Gasteiger partial charge in [0.05, 0.1) is 11.9 Å². The van der Waals surface area contributed by atoms with Crippen LogP contribution in [0.1, 0.15) is 19.8 Å². The molecule has 20 heavy (non-hydrogen) atoms. The average molecular weight is 302 g/mol. The molecule has 1 aromatic rings. The van der Waals surface area contributed by atoms with Gasteiger partial charge in [-0.2, -0.15) is 5.10 Å². The molecular weight excluding hydrogens is 282 g/mol. The minimum Gasteiger partial charge on any atom is -0.352 e. The van der Waals surface area contributed by atoms with Crippen molar-refractivity contribution in [3.05, 3.63) is 12.4 Å². The molecule has 0 saturated heterocycles. The Labute approximate surface area is 123 Å².